The van der Waals surface area contributed by atoms with E-state index >= 15 is 0 Å². The number of ether oxygens (including phenoxy) is 1. The van der Waals surface area contributed by atoms with Crippen molar-refractivity contribution < 1.29 is 14.3 Å². The van der Waals surface area contributed by atoms with Gasteiger partial charge in [0.25, 0.3) is 0 Å². The maximum atomic E-state index is 12.7. The molecule has 0 bridgehead atoms. The molecular formula is C18H22N4O3. The number of rotatable bonds is 6. The molecule has 1 aromatic carbocycles. The van der Waals surface area contributed by atoms with Crippen LogP contribution in [0.25, 0.3) is 0 Å². The highest BCUT2D eigenvalue weighted by atomic mass is 16.5. The molecule has 0 saturated carbocycles. The van der Waals surface area contributed by atoms with Crippen molar-refractivity contribution in [2.45, 2.75) is 31.9 Å². The number of carbonyl (C=O) groups excluding carboxylic acids is 2. The monoisotopic (exact) mass is 342 g/mol. The first-order valence-electron chi connectivity index (χ1n) is 8.45. The van der Waals surface area contributed by atoms with E-state index in [1.807, 2.05) is 30.3 Å². The van der Waals surface area contributed by atoms with Crippen LogP contribution in [0.3, 0.4) is 0 Å². The number of H-pyrrole nitrogens is 1. The van der Waals surface area contributed by atoms with E-state index in [1.165, 1.54) is 0 Å². The second kappa shape index (κ2) is 8.32. The number of hydrogen-bond acceptors (Lipinski definition) is 4. The summed E-state index contributed by atoms with van der Waals surface area (Å²) < 4.78 is 5.24. The van der Waals surface area contributed by atoms with E-state index in [4.69, 9.17) is 4.74 Å². The average molecular weight is 342 g/mol. The molecule has 1 fully saturated rings. The van der Waals surface area contributed by atoms with E-state index in [9.17, 15) is 9.59 Å². The number of imidazole rings is 1. The summed E-state index contributed by atoms with van der Waals surface area (Å²) in [6.07, 6.45) is 4.97. The fourth-order valence-electron chi connectivity index (χ4n) is 2.88. The first-order valence-corrected chi connectivity index (χ1v) is 8.45. The van der Waals surface area contributed by atoms with Crippen molar-refractivity contribution >= 4 is 12.0 Å². The molecule has 7 heteroatoms. The zero-order valence-corrected chi connectivity index (χ0v) is 14.0. The van der Waals surface area contributed by atoms with Gasteiger partial charge in [-0.05, 0) is 18.4 Å². The van der Waals surface area contributed by atoms with Crippen molar-refractivity contribution in [3.05, 3.63) is 54.1 Å². The summed E-state index contributed by atoms with van der Waals surface area (Å²) in [6, 6.07) is 8.76. The first kappa shape index (κ1) is 17.0. The summed E-state index contributed by atoms with van der Waals surface area (Å²) in [4.78, 5) is 33.6. The van der Waals surface area contributed by atoms with Crippen molar-refractivity contribution in [1.29, 1.82) is 0 Å². The number of nitrogens with zero attached hydrogens (tertiary/aromatic N) is 2. The van der Waals surface area contributed by atoms with Crippen LogP contribution in [-0.2, 0) is 22.6 Å². The van der Waals surface area contributed by atoms with Gasteiger partial charge < -0.3 is 19.9 Å². The predicted molar refractivity (Wildman–Crippen MR) is 91.7 cm³/mol. The van der Waals surface area contributed by atoms with Crippen molar-refractivity contribution in [2.75, 3.05) is 13.1 Å². The fraction of sp³-hybridized carbons (Fsp3) is 0.389. The molecule has 0 aliphatic carbocycles. The number of nitrogens with one attached hydrogen (secondary N) is 2. The number of alkyl carbamates (subject to hydrolysis) is 1. The minimum Gasteiger partial charge on any atom is -0.445 e. The van der Waals surface area contributed by atoms with Crippen molar-refractivity contribution in [1.82, 2.24) is 20.2 Å². The summed E-state index contributed by atoms with van der Waals surface area (Å²) >= 11 is 0. The van der Waals surface area contributed by atoms with E-state index in [2.05, 4.69) is 15.3 Å². The van der Waals surface area contributed by atoms with E-state index in [0.717, 1.165) is 37.2 Å². The lowest BCUT2D eigenvalue weighted by Gasteiger charge is -2.23. The van der Waals surface area contributed by atoms with Crippen LogP contribution >= 0.6 is 0 Å². The van der Waals surface area contributed by atoms with Crippen LogP contribution in [0.2, 0.25) is 0 Å². The summed E-state index contributed by atoms with van der Waals surface area (Å²) in [5.74, 6) is -0.0799. The summed E-state index contributed by atoms with van der Waals surface area (Å²) in [7, 11) is 0. The van der Waals surface area contributed by atoms with Crippen LogP contribution in [0.4, 0.5) is 4.79 Å². The van der Waals surface area contributed by atoms with Crippen LogP contribution in [-0.4, -0.2) is 46.0 Å². The maximum absolute atomic E-state index is 12.7. The van der Waals surface area contributed by atoms with E-state index in [1.54, 1.807) is 17.4 Å². The maximum Gasteiger partial charge on any atom is 0.408 e. The Morgan fingerprint density at radius 2 is 2.00 bits per heavy atom. The highest BCUT2D eigenvalue weighted by molar-refractivity contribution is 5.86. The van der Waals surface area contributed by atoms with E-state index < -0.39 is 12.1 Å². The number of hydrogen-bond donors (Lipinski definition) is 2. The number of amides is 2. The molecule has 0 radical (unpaired) electrons. The molecule has 1 aliphatic rings. The predicted octanol–water partition coefficient (Wildman–Crippen LogP) is 1.87. The first-order chi connectivity index (χ1) is 12.2. The van der Waals surface area contributed by atoms with Gasteiger partial charge in [-0.1, -0.05) is 30.3 Å². The van der Waals surface area contributed by atoms with Gasteiger partial charge in [-0.25, -0.2) is 9.78 Å². The molecule has 1 aliphatic heterocycles. The Bertz CT molecular complexity index is 682. The normalized spacial score (nSPS) is 15.0. The standard InChI is InChI=1S/C18H22N4O3/c23-17(22-8-4-5-9-22)16(10-15-11-19-13-20-15)21-18(24)25-12-14-6-2-1-3-7-14/h1-3,6-7,11,13,16H,4-5,8-10,12H2,(H,19,20)(H,21,24)/t16-/m1/s1. The topological polar surface area (TPSA) is 87.3 Å². The summed E-state index contributed by atoms with van der Waals surface area (Å²) in [5.41, 5.74) is 1.69. The lowest BCUT2D eigenvalue weighted by molar-refractivity contribution is -0.132. The minimum absolute atomic E-state index is 0.0799. The summed E-state index contributed by atoms with van der Waals surface area (Å²) in [5, 5.41) is 2.70. The van der Waals surface area contributed by atoms with Gasteiger partial charge in [-0.3, -0.25) is 4.79 Å². The van der Waals surface area contributed by atoms with Crippen molar-refractivity contribution in [3.8, 4) is 0 Å². The zero-order valence-electron chi connectivity index (χ0n) is 14.0. The van der Waals surface area contributed by atoms with Crippen molar-refractivity contribution in [3.63, 3.8) is 0 Å². The van der Waals surface area contributed by atoms with Gasteiger partial charge in [0.05, 0.1) is 6.33 Å². The Morgan fingerprint density at radius 1 is 1.24 bits per heavy atom. The molecule has 1 saturated heterocycles. The quantitative estimate of drug-likeness (QED) is 0.839. The van der Waals surface area contributed by atoms with Crippen LogP contribution in [0.1, 0.15) is 24.1 Å². The van der Waals surface area contributed by atoms with Gasteiger partial charge in [0.1, 0.15) is 12.6 Å². The molecule has 2 N–H and O–H groups in total. The van der Waals surface area contributed by atoms with E-state index in [0.29, 0.717) is 6.42 Å². The highest BCUT2D eigenvalue weighted by Gasteiger charge is 2.28. The van der Waals surface area contributed by atoms with Crippen LogP contribution in [0.15, 0.2) is 42.9 Å². The third kappa shape index (κ3) is 4.82. The van der Waals surface area contributed by atoms with Gasteiger partial charge in [-0.2, -0.15) is 0 Å². The lowest BCUT2D eigenvalue weighted by Crippen LogP contribution is -2.49. The molecule has 2 heterocycles. The van der Waals surface area contributed by atoms with Gasteiger partial charge in [0.15, 0.2) is 0 Å². The minimum atomic E-state index is -0.665. The van der Waals surface area contributed by atoms with Crippen molar-refractivity contribution in [2.24, 2.45) is 0 Å². The molecular weight excluding hydrogens is 320 g/mol. The second-order valence-corrected chi connectivity index (χ2v) is 6.07. The molecule has 7 nitrogen and oxygen atoms in total. The highest BCUT2D eigenvalue weighted by Crippen LogP contribution is 2.11. The van der Waals surface area contributed by atoms with Gasteiger partial charge in [-0.15, -0.1) is 0 Å². The molecule has 0 spiro atoms. The summed E-state index contributed by atoms with van der Waals surface area (Å²) in [6.45, 7) is 1.64. The number of carbonyl (C=O) groups is 2. The molecule has 2 aromatic rings. The Morgan fingerprint density at radius 3 is 2.68 bits per heavy atom. The molecule has 0 unspecified atom stereocenters. The zero-order chi connectivity index (χ0) is 17.5. The van der Waals surface area contributed by atoms with Gasteiger partial charge in [0, 0.05) is 31.4 Å². The molecule has 2 amide bonds. The third-order valence-electron chi connectivity index (χ3n) is 4.20. The Labute approximate surface area is 146 Å². The van der Waals surface area contributed by atoms with E-state index in [-0.39, 0.29) is 12.5 Å². The van der Waals surface area contributed by atoms with Crippen LogP contribution in [0, 0.1) is 0 Å². The Balaban J connectivity index is 1.59. The molecule has 25 heavy (non-hydrogen) atoms. The van der Waals surface area contributed by atoms with Gasteiger partial charge in [0.2, 0.25) is 5.91 Å². The second-order valence-electron chi connectivity index (χ2n) is 6.07. The number of benzene rings is 1. The SMILES string of the molecule is O=C(N[C@H](Cc1cnc[nH]1)C(=O)N1CCCC1)OCc1ccccc1. The average Bonchev–Trinajstić information content (AvgIpc) is 3.33. The molecule has 3 rings (SSSR count). The Kier molecular flexibility index (Phi) is 5.66. The lowest BCUT2D eigenvalue weighted by atomic mass is 10.1. The fourth-order valence-corrected chi connectivity index (χ4v) is 2.88. The van der Waals surface area contributed by atoms with Crippen LogP contribution < -0.4 is 5.32 Å². The van der Waals surface area contributed by atoms with Crippen LogP contribution in [0.5, 0.6) is 0 Å². The number of aromatic nitrogens is 2. The number of likely N-dealkylation sites (tertiary alicyclic amines) is 1. The Hall–Kier alpha value is -2.83. The molecule has 132 valence electrons. The molecule has 1 atom stereocenters. The molecule has 1 aromatic heterocycles. The largest absolute Gasteiger partial charge is 0.445 e. The third-order valence-corrected chi connectivity index (χ3v) is 4.20. The smallest absolute Gasteiger partial charge is 0.408 e. The van der Waals surface area contributed by atoms with Gasteiger partial charge >= 0.3 is 6.09 Å². The number of aromatic amines is 1.